The van der Waals surface area contributed by atoms with E-state index >= 15 is 0 Å². The average Bonchev–Trinajstić information content (AvgIpc) is 2.79. The first kappa shape index (κ1) is 20.3. The zero-order valence-corrected chi connectivity index (χ0v) is 14.7. The Hall–Kier alpha value is -1.46. The van der Waals surface area contributed by atoms with E-state index in [1.807, 2.05) is 0 Å². The van der Waals surface area contributed by atoms with Crippen LogP contribution in [0.5, 0.6) is 5.75 Å². The Balaban J connectivity index is 2.05. The van der Waals surface area contributed by atoms with E-state index in [4.69, 9.17) is 4.74 Å². The summed E-state index contributed by atoms with van der Waals surface area (Å²) in [5.41, 5.74) is -7.10. The zero-order valence-electron chi connectivity index (χ0n) is 13.8. The van der Waals surface area contributed by atoms with Crippen molar-refractivity contribution in [2.24, 2.45) is 0 Å². The number of rotatable bonds is 3. The molecule has 2 N–H and O–H groups in total. The molecule has 27 heavy (non-hydrogen) atoms. The van der Waals surface area contributed by atoms with Crippen molar-refractivity contribution in [2.75, 3.05) is 0 Å². The van der Waals surface area contributed by atoms with Gasteiger partial charge in [-0.25, -0.2) is 17.2 Å². The minimum Gasteiger partial charge on any atom is -0.490 e. The molecule has 3 rings (SSSR count). The molecular weight excluding hydrogens is 399 g/mol. The van der Waals surface area contributed by atoms with Crippen LogP contribution in [0.15, 0.2) is 17.0 Å². The van der Waals surface area contributed by atoms with Gasteiger partial charge in [-0.3, -0.25) is 0 Å². The van der Waals surface area contributed by atoms with Crippen LogP contribution in [0.1, 0.15) is 42.9 Å². The Morgan fingerprint density at radius 2 is 1.67 bits per heavy atom. The molecule has 0 aliphatic heterocycles. The van der Waals surface area contributed by atoms with E-state index in [0.717, 1.165) is 6.07 Å². The minimum absolute atomic E-state index is 0.177. The fraction of sp³-hybridized carbons (Fsp3) is 0.625. The second kappa shape index (κ2) is 6.56. The Labute approximate surface area is 151 Å². The normalized spacial score (nSPS) is 28.0. The molecule has 1 fully saturated rings. The van der Waals surface area contributed by atoms with Crippen molar-refractivity contribution in [3.05, 3.63) is 23.3 Å². The summed E-state index contributed by atoms with van der Waals surface area (Å²) in [6.45, 7) is 0. The first-order valence-electron chi connectivity index (χ1n) is 8.22. The Bertz CT molecular complexity index is 828. The third-order valence-corrected chi connectivity index (χ3v) is 6.44. The molecule has 1 unspecified atom stereocenters. The summed E-state index contributed by atoms with van der Waals surface area (Å²) < 4.78 is 95.8. The molecule has 0 bridgehead atoms. The molecule has 0 spiro atoms. The number of alkyl halides is 5. The van der Waals surface area contributed by atoms with Gasteiger partial charge in [0.05, 0.1) is 17.1 Å². The number of hydrogen-bond acceptors (Lipinski definition) is 5. The standard InChI is InChI=1S/C16H17F5O5S/c17-15(18)7-10-11(26-9-3-1-8(22)2-4-9)5-6-12(13(10)14(15)23)27(24,25)16(19,20)21/h5-6,8-9,14,22-23H,1-4,7H2. The van der Waals surface area contributed by atoms with Crippen molar-refractivity contribution in [3.8, 4) is 5.75 Å². The summed E-state index contributed by atoms with van der Waals surface area (Å²) in [7, 11) is -5.92. The molecule has 152 valence electrons. The second-order valence-electron chi connectivity index (χ2n) is 6.79. The van der Waals surface area contributed by atoms with Crippen LogP contribution in [-0.2, 0) is 16.3 Å². The van der Waals surface area contributed by atoms with E-state index in [1.54, 1.807) is 0 Å². The molecule has 11 heteroatoms. The van der Waals surface area contributed by atoms with Gasteiger partial charge in [0.2, 0.25) is 0 Å². The summed E-state index contributed by atoms with van der Waals surface area (Å²) in [6.07, 6.45) is -3.09. The molecule has 0 saturated heterocycles. The molecule has 0 amide bonds. The second-order valence-corrected chi connectivity index (χ2v) is 8.70. The molecule has 2 aliphatic carbocycles. The number of halogens is 5. The fourth-order valence-electron chi connectivity index (χ4n) is 3.46. The molecule has 1 aromatic rings. The van der Waals surface area contributed by atoms with Crippen LogP contribution in [-0.4, -0.2) is 42.3 Å². The maximum absolute atomic E-state index is 14.0. The van der Waals surface area contributed by atoms with Crippen LogP contribution in [0.3, 0.4) is 0 Å². The first-order valence-corrected chi connectivity index (χ1v) is 9.70. The summed E-state index contributed by atoms with van der Waals surface area (Å²) in [6, 6.07) is 1.45. The lowest BCUT2D eigenvalue weighted by atomic mass is 9.95. The number of sulfone groups is 1. The maximum Gasteiger partial charge on any atom is 0.501 e. The van der Waals surface area contributed by atoms with E-state index in [0.29, 0.717) is 31.7 Å². The smallest absolute Gasteiger partial charge is 0.490 e. The van der Waals surface area contributed by atoms with Crippen molar-refractivity contribution in [1.82, 2.24) is 0 Å². The molecule has 1 atom stereocenters. The highest BCUT2D eigenvalue weighted by molar-refractivity contribution is 7.92. The van der Waals surface area contributed by atoms with Crippen LogP contribution in [0.25, 0.3) is 0 Å². The summed E-state index contributed by atoms with van der Waals surface area (Å²) in [5.74, 6) is -4.00. The lowest BCUT2D eigenvalue weighted by Crippen LogP contribution is -2.27. The average molecular weight is 416 g/mol. The fourth-order valence-corrected chi connectivity index (χ4v) is 4.48. The van der Waals surface area contributed by atoms with E-state index in [-0.39, 0.29) is 5.75 Å². The van der Waals surface area contributed by atoms with Crippen LogP contribution < -0.4 is 4.74 Å². The van der Waals surface area contributed by atoms with Crippen molar-refractivity contribution in [1.29, 1.82) is 0 Å². The molecule has 5 nitrogen and oxygen atoms in total. The van der Waals surface area contributed by atoms with Gasteiger partial charge in [-0.2, -0.15) is 13.2 Å². The van der Waals surface area contributed by atoms with E-state index in [9.17, 15) is 40.6 Å². The summed E-state index contributed by atoms with van der Waals surface area (Å²) in [5, 5.41) is 19.3. The van der Waals surface area contributed by atoms with Crippen LogP contribution >= 0.6 is 0 Å². The molecule has 0 heterocycles. The number of aliphatic hydroxyl groups excluding tert-OH is 2. The molecule has 1 saturated carbocycles. The third-order valence-electron chi connectivity index (χ3n) is 4.89. The number of fused-ring (bicyclic) bond motifs is 1. The van der Waals surface area contributed by atoms with Gasteiger partial charge >= 0.3 is 5.51 Å². The van der Waals surface area contributed by atoms with Gasteiger partial charge in [0.25, 0.3) is 15.8 Å². The number of ether oxygens (including phenoxy) is 1. The molecular formula is C16H17F5O5S. The molecule has 1 aromatic carbocycles. The number of benzene rings is 1. The number of aliphatic hydroxyl groups is 2. The zero-order chi connectivity index (χ0) is 20.2. The van der Waals surface area contributed by atoms with Gasteiger partial charge in [0.15, 0.2) is 0 Å². The quantitative estimate of drug-likeness (QED) is 0.741. The maximum atomic E-state index is 14.0. The van der Waals surface area contributed by atoms with E-state index < -0.39 is 62.0 Å². The Morgan fingerprint density at radius 3 is 2.22 bits per heavy atom. The van der Waals surface area contributed by atoms with Crippen LogP contribution in [0, 0.1) is 0 Å². The molecule has 2 aliphatic rings. The van der Waals surface area contributed by atoms with Crippen molar-refractivity contribution < 1.29 is 45.3 Å². The topological polar surface area (TPSA) is 83.8 Å². The van der Waals surface area contributed by atoms with Gasteiger partial charge in [-0.05, 0) is 37.8 Å². The Kier molecular flexibility index (Phi) is 4.92. The van der Waals surface area contributed by atoms with Gasteiger partial charge in [0.1, 0.15) is 11.9 Å². The van der Waals surface area contributed by atoms with Crippen molar-refractivity contribution in [2.45, 2.75) is 66.7 Å². The monoisotopic (exact) mass is 416 g/mol. The highest BCUT2D eigenvalue weighted by Gasteiger charge is 2.55. The van der Waals surface area contributed by atoms with Gasteiger partial charge in [-0.1, -0.05) is 0 Å². The van der Waals surface area contributed by atoms with Gasteiger partial charge in [0, 0.05) is 17.5 Å². The lowest BCUT2D eigenvalue weighted by molar-refractivity contribution is -0.0979. The predicted octanol–water partition coefficient (Wildman–Crippen LogP) is 2.89. The summed E-state index contributed by atoms with van der Waals surface area (Å²) >= 11 is 0. The van der Waals surface area contributed by atoms with Gasteiger partial charge < -0.3 is 14.9 Å². The first-order chi connectivity index (χ1) is 12.3. The highest BCUT2D eigenvalue weighted by atomic mass is 32.2. The van der Waals surface area contributed by atoms with Crippen LogP contribution in [0.4, 0.5) is 22.0 Å². The SMILES string of the molecule is O=S(=O)(c1ccc(OC2CCC(O)CC2)c2c1C(O)C(F)(F)C2)C(F)(F)F. The molecule has 0 aromatic heterocycles. The molecule has 0 radical (unpaired) electrons. The Morgan fingerprint density at radius 1 is 1.07 bits per heavy atom. The van der Waals surface area contributed by atoms with Crippen LogP contribution in [0.2, 0.25) is 0 Å². The highest BCUT2D eigenvalue weighted by Crippen LogP contribution is 2.50. The number of hydrogen-bond donors (Lipinski definition) is 2. The summed E-state index contributed by atoms with van der Waals surface area (Å²) in [4.78, 5) is -1.39. The van der Waals surface area contributed by atoms with Crippen molar-refractivity contribution in [3.63, 3.8) is 0 Å². The lowest BCUT2D eigenvalue weighted by Gasteiger charge is -2.27. The third kappa shape index (κ3) is 3.52. The predicted molar refractivity (Wildman–Crippen MR) is 82.2 cm³/mol. The largest absolute Gasteiger partial charge is 0.501 e. The van der Waals surface area contributed by atoms with E-state index in [2.05, 4.69) is 0 Å². The van der Waals surface area contributed by atoms with Crippen molar-refractivity contribution >= 4 is 9.84 Å². The van der Waals surface area contributed by atoms with E-state index in [1.165, 1.54) is 0 Å². The minimum atomic E-state index is -5.92. The van der Waals surface area contributed by atoms with Gasteiger partial charge in [-0.15, -0.1) is 0 Å².